The molecule has 1 heterocycles. The Morgan fingerprint density at radius 3 is 2.64 bits per heavy atom. The van der Waals surface area contributed by atoms with E-state index in [2.05, 4.69) is 5.32 Å². The molecule has 136 valence electrons. The van der Waals surface area contributed by atoms with E-state index in [0.29, 0.717) is 24.2 Å². The molecule has 1 N–H and O–H groups in total. The number of piperidine rings is 1. The van der Waals surface area contributed by atoms with E-state index < -0.39 is 0 Å². The number of nitrogens with zero attached hydrogens (tertiary/aromatic N) is 2. The number of rotatable bonds is 5. The monoisotopic (exact) mass is 345 g/mol. The molecule has 6 nitrogen and oxygen atoms in total. The Hall–Kier alpha value is -2.37. The topological polar surface area (TPSA) is 69.7 Å². The summed E-state index contributed by atoms with van der Waals surface area (Å²) in [7, 11) is 3.36. The summed E-state index contributed by atoms with van der Waals surface area (Å²) in [5.74, 6) is -0.410. The maximum absolute atomic E-state index is 12.7. The van der Waals surface area contributed by atoms with Crippen molar-refractivity contribution in [2.75, 3.05) is 32.5 Å². The Labute approximate surface area is 149 Å². The van der Waals surface area contributed by atoms with Crippen molar-refractivity contribution >= 4 is 23.4 Å². The first-order valence-electron chi connectivity index (χ1n) is 8.83. The average Bonchev–Trinajstić information content (AvgIpc) is 2.61. The number of hydrogen-bond acceptors (Lipinski definition) is 3. The van der Waals surface area contributed by atoms with Gasteiger partial charge >= 0.3 is 0 Å². The first kappa shape index (κ1) is 19.0. The van der Waals surface area contributed by atoms with Crippen molar-refractivity contribution in [3.8, 4) is 0 Å². The summed E-state index contributed by atoms with van der Waals surface area (Å²) in [4.78, 5) is 40.3. The van der Waals surface area contributed by atoms with Gasteiger partial charge in [-0.1, -0.05) is 19.1 Å². The fraction of sp³-hybridized carbons (Fsp3) is 0.526. The van der Waals surface area contributed by atoms with Crippen molar-refractivity contribution in [3.63, 3.8) is 0 Å². The highest BCUT2D eigenvalue weighted by Crippen LogP contribution is 2.22. The van der Waals surface area contributed by atoms with Gasteiger partial charge in [0, 0.05) is 33.6 Å². The first-order valence-corrected chi connectivity index (χ1v) is 8.83. The zero-order valence-electron chi connectivity index (χ0n) is 15.2. The summed E-state index contributed by atoms with van der Waals surface area (Å²) in [6, 6.07) is 7.01. The van der Waals surface area contributed by atoms with Gasteiger partial charge in [0.1, 0.15) is 0 Å². The van der Waals surface area contributed by atoms with Crippen LogP contribution in [0.1, 0.15) is 43.0 Å². The second-order valence-electron chi connectivity index (χ2n) is 6.66. The van der Waals surface area contributed by atoms with E-state index in [1.54, 1.807) is 43.3 Å². The minimum atomic E-state index is -0.239. The molecule has 1 aromatic rings. The van der Waals surface area contributed by atoms with Crippen molar-refractivity contribution < 1.29 is 14.4 Å². The molecule has 0 saturated carbocycles. The predicted octanol–water partition coefficient (Wildman–Crippen LogP) is 2.37. The number of likely N-dealkylation sites (tertiary alicyclic amines) is 1. The van der Waals surface area contributed by atoms with Gasteiger partial charge in [0.2, 0.25) is 11.8 Å². The lowest BCUT2D eigenvalue weighted by Gasteiger charge is -2.32. The molecule has 6 heteroatoms. The molecule has 1 atom stereocenters. The highest BCUT2D eigenvalue weighted by Gasteiger charge is 2.28. The minimum absolute atomic E-state index is 0.114. The Morgan fingerprint density at radius 2 is 1.96 bits per heavy atom. The third-order valence-corrected chi connectivity index (χ3v) is 4.43. The van der Waals surface area contributed by atoms with Gasteiger partial charge in [0.15, 0.2) is 0 Å². The van der Waals surface area contributed by atoms with Crippen LogP contribution in [0.5, 0.6) is 0 Å². The van der Waals surface area contributed by atoms with Gasteiger partial charge in [-0.3, -0.25) is 14.4 Å². The normalized spacial score (nSPS) is 17.1. The Bertz CT molecular complexity index is 643. The minimum Gasteiger partial charge on any atom is -0.345 e. The molecule has 0 bridgehead atoms. The summed E-state index contributed by atoms with van der Waals surface area (Å²) in [5, 5.41) is 2.88. The van der Waals surface area contributed by atoms with Crippen LogP contribution in [-0.2, 0) is 9.59 Å². The van der Waals surface area contributed by atoms with E-state index in [1.165, 1.54) is 4.90 Å². The number of para-hydroxylation sites is 1. The van der Waals surface area contributed by atoms with Crippen molar-refractivity contribution in [2.45, 2.75) is 32.6 Å². The van der Waals surface area contributed by atoms with Crippen LogP contribution >= 0.6 is 0 Å². The fourth-order valence-electron chi connectivity index (χ4n) is 3.04. The zero-order chi connectivity index (χ0) is 18.4. The SMILES string of the molecule is CCCC(=O)N1CCCC(C(=O)Nc2ccccc2C(=O)N(C)C)C1. The number of nitrogens with one attached hydrogen (secondary N) is 1. The molecule has 1 aliphatic rings. The van der Waals surface area contributed by atoms with Gasteiger partial charge in [-0.2, -0.15) is 0 Å². The maximum atomic E-state index is 12.7. The molecule has 3 amide bonds. The van der Waals surface area contributed by atoms with E-state index in [1.807, 2.05) is 6.92 Å². The van der Waals surface area contributed by atoms with Gasteiger partial charge in [-0.05, 0) is 31.4 Å². The van der Waals surface area contributed by atoms with Crippen LogP contribution in [0, 0.1) is 5.92 Å². The number of anilines is 1. The number of benzene rings is 1. The van der Waals surface area contributed by atoms with Crippen LogP contribution < -0.4 is 5.32 Å². The molecular weight excluding hydrogens is 318 g/mol. The lowest BCUT2D eigenvalue weighted by Crippen LogP contribution is -2.43. The second kappa shape index (κ2) is 8.65. The highest BCUT2D eigenvalue weighted by molar-refractivity contribution is 6.04. The van der Waals surface area contributed by atoms with Crippen LogP contribution in [0.3, 0.4) is 0 Å². The van der Waals surface area contributed by atoms with Gasteiger partial charge in [-0.15, -0.1) is 0 Å². The summed E-state index contributed by atoms with van der Waals surface area (Å²) in [5.41, 5.74) is 0.985. The number of amides is 3. The van der Waals surface area contributed by atoms with Crippen molar-refractivity contribution in [1.82, 2.24) is 9.80 Å². The zero-order valence-corrected chi connectivity index (χ0v) is 15.2. The standard InChI is InChI=1S/C19H27N3O3/c1-4-8-17(23)22-12-7-9-14(13-22)18(24)20-16-11-6-5-10-15(16)19(25)21(2)3/h5-6,10-11,14H,4,7-9,12-13H2,1-3H3,(H,20,24). The van der Waals surface area contributed by atoms with Crippen LogP contribution in [0.25, 0.3) is 0 Å². The molecule has 1 fully saturated rings. The van der Waals surface area contributed by atoms with E-state index in [9.17, 15) is 14.4 Å². The molecule has 1 unspecified atom stereocenters. The predicted molar refractivity (Wildman–Crippen MR) is 97.3 cm³/mol. The average molecular weight is 345 g/mol. The van der Waals surface area contributed by atoms with E-state index in [4.69, 9.17) is 0 Å². The third kappa shape index (κ3) is 4.81. The Kier molecular flexibility index (Phi) is 6.56. The summed E-state index contributed by atoms with van der Waals surface area (Å²) in [6.07, 6.45) is 2.91. The quantitative estimate of drug-likeness (QED) is 0.891. The molecule has 0 spiro atoms. The second-order valence-corrected chi connectivity index (χ2v) is 6.66. The van der Waals surface area contributed by atoms with Gasteiger partial charge in [0.05, 0.1) is 17.2 Å². The number of hydrogen-bond donors (Lipinski definition) is 1. The molecule has 0 aliphatic carbocycles. The summed E-state index contributed by atoms with van der Waals surface area (Å²) in [6.45, 7) is 3.15. The molecular formula is C19H27N3O3. The number of carbonyl (C=O) groups is 3. The van der Waals surface area contributed by atoms with Gasteiger partial charge in [0.25, 0.3) is 5.91 Å². The highest BCUT2D eigenvalue weighted by atomic mass is 16.2. The van der Waals surface area contributed by atoms with Crippen molar-refractivity contribution in [1.29, 1.82) is 0 Å². The van der Waals surface area contributed by atoms with Crippen LogP contribution in [-0.4, -0.2) is 54.7 Å². The Balaban J connectivity index is 2.07. The molecule has 0 aromatic heterocycles. The van der Waals surface area contributed by atoms with Crippen molar-refractivity contribution in [3.05, 3.63) is 29.8 Å². The largest absolute Gasteiger partial charge is 0.345 e. The molecule has 1 aromatic carbocycles. The number of carbonyl (C=O) groups excluding carboxylic acids is 3. The van der Waals surface area contributed by atoms with E-state index >= 15 is 0 Å². The summed E-state index contributed by atoms with van der Waals surface area (Å²) < 4.78 is 0. The maximum Gasteiger partial charge on any atom is 0.255 e. The van der Waals surface area contributed by atoms with E-state index in [0.717, 1.165) is 25.8 Å². The van der Waals surface area contributed by atoms with Crippen LogP contribution in [0.4, 0.5) is 5.69 Å². The van der Waals surface area contributed by atoms with Gasteiger partial charge < -0.3 is 15.1 Å². The van der Waals surface area contributed by atoms with Gasteiger partial charge in [-0.25, -0.2) is 0 Å². The molecule has 1 saturated heterocycles. The molecule has 2 rings (SSSR count). The fourth-order valence-corrected chi connectivity index (χ4v) is 3.04. The summed E-state index contributed by atoms with van der Waals surface area (Å²) >= 11 is 0. The first-order chi connectivity index (χ1) is 11.9. The molecule has 25 heavy (non-hydrogen) atoms. The smallest absolute Gasteiger partial charge is 0.255 e. The van der Waals surface area contributed by atoms with E-state index in [-0.39, 0.29) is 23.6 Å². The van der Waals surface area contributed by atoms with Crippen LogP contribution in [0.2, 0.25) is 0 Å². The van der Waals surface area contributed by atoms with Crippen LogP contribution in [0.15, 0.2) is 24.3 Å². The lowest BCUT2D eigenvalue weighted by molar-refractivity contribution is -0.134. The third-order valence-electron chi connectivity index (χ3n) is 4.43. The molecule has 0 radical (unpaired) electrons. The molecule has 1 aliphatic heterocycles. The van der Waals surface area contributed by atoms with Crippen molar-refractivity contribution in [2.24, 2.45) is 5.92 Å². The lowest BCUT2D eigenvalue weighted by atomic mass is 9.96. The Morgan fingerprint density at radius 1 is 1.24 bits per heavy atom.